The van der Waals surface area contributed by atoms with Gasteiger partial charge in [-0.3, -0.25) is 9.69 Å². The molecule has 0 aliphatic carbocycles. The summed E-state index contributed by atoms with van der Waals surface area (Å²) in [7, 11) is 0. The first-order chi connectivity index (χ1) is 12.7. The van der Waals surface area contributed by atoms with Crippen LogP contribution < -0.4 is 5.32 Å². The molecule has 0 aliphatic heterocycles. The van der Waals surface area contributed by atoms with Gasteiger partial charge in [-0.1, -0.05) is 38.1 Å². The zero-order chi connectivity index (χ0) is 20.0. The molecule has 2 rings (SSSR count). The van der Waals surface area contributed by atoms with Crippen molar-refractivity contribution in [2.75, 3.05) is 6.54 Å². The van der Waals surface area contributed by atoms with Crippen LogP contribution in [-0.4, -0.2) is 22.9 Å². The number of nitrogens with one attached hydrogen (secondary N) is 1. The maximum atomic E-state index is 12.2. The van der Waals surface area contributed by atoms with Crippen molar-refractivity contribution >= 4 is 5.91 Å². The highest BCUT2D eigenvalue weighted by atomic mass is 16.4. The summed E-state index contributed by atoms with van der Waals surface area (Å²) < 4.78 is 5.84. The Morgan fingerprint density at radius 2 is 1.81 bits per heavy atom. The lowest BCUT2D eigenvalue weighted by Crippen LogP contribution is -2.40. The summed E-state index contributed by atoms with van der Waals surface area (Å²) in [5, 5.41) is 2.93. The summed E-state index contributed by atoms with van der Waals surface area (Å²) in [6.45, 7) is 15.2. The van der Waals surface area contributed by atoms with Gasteiger partial charge in [0.15, 0.2) is 5.76 Å². The van der Waals surface area contributed by atoms with Gasteiger partial charge in [-0.05, 0) is 63.3 Å². The summed E-state index contributed by atoms with van der Waals surface area (Å²) in [5.74, 6) is 1.63. The van der Waals surface area contributed by atoms with E-state index < -0.39 is 0 Å². The largest absolute Gasteiger partial charge is 0.455 e. The molecule has 1 amide bonds. The van der Waals surface area contributed by atoms with Crippen LogP contribution >= 0.6 is 0 Å². The molecule has 27 heavy (non-hydrogen) atoms. The first kappa shape index (κ1) is 21.2. The van der Waals surface area contributed by atoms with Crippen LogP contribution in [0, 0.1) is 12.8 Å². The zero-order valence-electron chi connectivity index (χ0n) is 17.6. The number of rotatable bonds is 8. The second-order valence-corrected chi connectivity index (χ2v) is 8.66. The number of nitrogens with zero attached hydrogens (tertiary/aromatic N) is 1. The van der Waals surface area contributed by atoms with Crippen molar-refractivity contribution in [1.82, 2.24) is 10.2 Å². The maximum Gasteiger partial charge on any atom is 0.286 e. The molecule has 0 atom stereocenters. The quantitative estimate of drug-likeness (QED) is 0.698. The minimum atomic E-state index is -0.136. The number of aryl methyl sites for hydroxylation is 1. The molecule has 0 radical (unpaired) electrons. The Morgan fingerprint density at radius 3 is 2.44 bits per heavy atom. The Kier molecular flexibility index (Phi) is 7.25. The minimum Gasteiger partial charge on any atom is -0.455 e. The van der Waals surface area contributed by atoms with Crippen LogP contribution in [0.15, 0.2) is 40.8 Å². The van der Waals surface area contributed by atoms with Crippen LogP contribution in [0.2, 0.25) is 0 Å². The van der Waals surface area contributed by atoms with Gasteiger partial charge in [-0.2, -0.15) is 0 Å². The van der Waals surface area contributed by atoms with E-state index in [0.29, 0.717) is 24.8 Å². The number of benzene rings is 1. The van der Waals surface area contributed by atoms with E-state index in [0.717, 1.165) is 18.7 Å². The summed E-state index contributed by atoms with van der Waals surface area (Å²) in [4.78, 5) is 14.6. The van der Waals surface area contributed by atoms with Crippen LogP contribution in [0.3, 0.4) is 0 Å². The summed E-state index contributed by atoms with van der Waals surface area (Å²) in [6, 6.07) is 12.1. The second kappa shape index (κ2) is 9.23. The summed E-state index contributed by atoms with van der Waals surface area (Å²) in [5.41, 5.74) is 2.58. The molecule has 2 aromatic rings. The monoisotopic (exact) mass is 370 g/mol. The topological polar surface area (TPSA) is 45.5 Å². The van der Waals surface area contributed by atoms with Crippen LogP contribution in [0.5, 0.6) is 0 Å². The lowest BCUT2D eigenvalue weighted by Gasteiger charge is -2.35. The molecule has 1 aromatic heterocycles. The number of hydrogen-bond donors (Lipinski definition) is 1. The van der Waals surface area contributed by atoms with Crippen molar-refractivity contribution in [3.05, 3.63) is 59.0 Å². The lowest BCUT2D eigenvalue weighted by atomic mass is 10.0. The number of hydrogen-bond acceptors (Lipinski definition) is 3. The molecule has 4 nitrogen and oxygen atoms in total. The van der Waals surface area contributed by atoms with E-state index in [-0.39, 0.29) is 11.4 Å². The lowest BCUT2D eigenvalue weighted by molar-refractivity contribution is 0.0904. The Hall–Kier alpha value is -2.07. The van der Waals surface area contributed by atoms with E-state index in [1.165, 1.54) is 11.1 Å². The van der Waals surface area contributed by atoms with Crippen LogP contribution in [0.1, 0.15) is 68.5 Å². The van der Waals surface area contributed by atoms with E-state index in [1.807, 2.05) is 6.07 Å². The van der Waals surface area contributed by atoms with Gasteiger partial charge in [-0.25, -0.2) is 0 Å². The minimum absolute atomic E-state index is 0.0191. The Balaban J connectivity index is 2.05. The standard InChI is InChI=1S/C23H34N2O2/c1-17(2)13-14-24-22(26)21-12-11-20(27-21)16-25(23(4,5)6)15-19-10-8-7-9-18(19)3/h7-12,17H,13-16H2,1-6H3,(H,24,26). The van der Waals surface area contributed by atoms with Gasteiger partial charge >= 0.3 is 0 Å². The SMILES string of the molecule is Cc1ccccc1CN(Cc1ccc(C(=O)NCCC(C)C)o1)C(C)(C)C. The number of amides is 1. The van der Waals surface area contributed by atoms with Crippen LogP contribution in [0.25, 0.3) is 0 Å². The Bertz CT molecular complexity index is 741. The average molecular weight is 371 g/mol. The zero-order valence-corrected chi connectivity index (χ0v) is 17.6. The van der Waals surface area contributed by atoms with E-state index in [4.69, 9.17) is 4.42 Å². The number of carbonyl (C=O) groups is 1. The third kappa shape index (κ3) is 6.55. The molecule has 0 saturated heterocycles. The number of furan rings is 1. The smallest absolute Gasteiger partial charge is 0.286 e. The molecule has 148 valence electrons. The van der Waals surface area contributed by atoms with Gasteiger partial charge in [0.1, 0.15) is 5.76 Å². The summed E-state index contributed by atoms with van der Waals surface area (Å²) in [6.07, 6.45) is 0.966. The molecule has 4 heteroatoms. The van der Waals surface area contributed by atoms with Crippen molar-refractivity contribution in [2.45, 2.75) is 66.6 Å². The predicted octanol–water partition coefficient (Wildman–Crippen LogP) is 5.16. The molecule has 0 unspecified atom stereocenters. The first-order valence-corrected chi connectivity index (χ1v) is 9.83. The van der Waals surface area contributed by atoms with Crippen molar-refractivity contribution in [2.24, 2.45) is 5.92 Å². The first-order valence-electron chi connectivity index (χ1n) is 9.83. The molecule has 0 saturated carbocycles. The van der Waals surface area contributed by atoms with Crippen molar-refractivity contribution in [3.63, 3.8) is 0 Å². The molecule has 0 aliphatic rings. The molecule has 0 bridgehead atoms. The molecule has 0 spiro atoms. The third-order valence-corrected chi connectivity index (χ3v) is 4.81. The van der Waals surface area contributed by atoms with E-state index in [2.05, 4.69) is 76.0 Å². The van der Waals surface area contributed by atoms with Gasteiger partial charge in [0.05, 0.1) is 6.54 Å². The average Bonchev–Trinajstić information content (AvgIpc) is 3.03. The molecule has 1 aromatic carbocycles. The van der Waals surface area contributed by atoms with Gasteiger partial charge < -0.3 is 9.73 Å². The highest BCUT2D eigenvalue weighted by Crippen LogP contribution is 2.23. The molecular formula is C23H34N2O2. The second-order valence-electron chi connectivity index (χ2n) is 8.66. The Labute approximate surface area is 163 Å². The molecular weight excluding hydrogens is 336 g/mol. The van der Waals surface area contributed by atoms with Gasteiger partial charge in [0.25, 0.3) is 5.91 Å². The molecule has 1 N–H and O–H groups in total. The summed E-state index contributed by atoms with van der Waals surface area (Å²) >= 11 is 0. The van der Waals surface area contributed by atoms with Gasteiger partial charge in [-0.15, -0.1) is 0 Å². The van der Waals surface area contributed by atoms with E-state index >= 15 is 0 Å². The fourth-order valence-corrected chi connectivity index (χ4v) is 2.86. The van der Waals surface area contributed by atoms with E-state index in [9.17, 15) is 4.79 Å². The fourth-order valence-electron chi connectivity index (χ4n) is 2.86. The van der Waals surface area contributed by atoms with Crippen molar-refractivity contribution in [1.29, 1.82) is 0 Å². The normalized spacial score (nSPS) is 12.0. The van der Waals surface area contributed by atoms with Gasteiger partial charge in [0, 0.05) is 18.6 Å². The third-order valence-electron chi connectivity index (χ3n) is 4.81. The Morgan fingerprint density at radius 1 is 1.11 bits per heavy atom. The highest BCUT2D eigenvalue weighted by Gasteiger charge is 2.24. The number of carbonyl (C=O) groups excluding carboxylic acids is 1. The van der Waals surface area contributed by atoms with Crippen molar-refractivity contribution < 1.29 is 9.21 Å². The molecule has 1 heterocycles. The van der Waals surface area contributed by atoms with Crippen molar-refractivity contribution in [3.8, 4) is 0 Å². The predicted molar refractivity (Wildman–Crippen MR) is 111 cm³/mol. The van der Waals surface area contributed by atoms with Crippen LogP contribution in [0.4, 0.5) is 0 Å². The maximum absolute atomic E-state index is 12.2. The van der Waals surface area contributed by atoms with Crippen LogP contribution in [-0.2, 0) is 13.1 Å². The van der Waals surface area contributed by atoms with Gasteiger partial charge in [0.2, 0.25) is 0 Å². The van der Waals surface area contributed by atoms with E-state index in [1.54, 1.807) is 6.07 Å². The highest BCUT2D eigenvalue weighted by molar-refractivity contribution is 5.91. The fraction of sp³-hybridized carbons (Fsp3) is 0.522. The molecule has 0 fully saturated rings.